The van der Waals surface area contributed by atoms with E-state index < -0.39 is 0 Å². The summed E-state index contributed by atoms with van der Waals surface area (Å²) < 4.78 is 2.38. The zero-order valence-corrected chi connectivity index (χ0v) is 21.1. The summed E-state index contributed by atoms with van der Waals surface area (Å²) in [5.74, 6) is 0. The van der Waals surface area contributed by atoms with Gasteiger partial charge in [-0.25, -0.2) is 0 Å². The number of nitrogens with one attached hydrogen (secondary N) is 1. The van der Waals surface area contributed by atoms with Gasteiger partial charge in [-0.3, -0.25) is 0 Å². The molecule has 0 spiro atoms. The van der Waals surface area contributed by atoms with Crippen LogP contribution in [0.4, 0.5) is 11.4 Å². The Morgan fingerprint density at radius 2 is 1.15 bits per heavy atom. The van der Waals surface area contributed by atoms with E-state index in [9.17, 15) is 0 Å². The van der Waals surface area contributed by atoms with E-state index >= 15 is 0 Å². The fraction of sp³-hybridized carbons (Fsp3) is 0.250. The number of hydrogen-bond acceptors (Lipinski definition) is 1. The summed E-state index contributed by atoms with van der Waals surface area (Å²) in [4.78, 5) is 0. The molecule has 1 heterocycles. The molecule has 0 saturated carbocycles. The van der Waals surface area contributed by atoms with Gasteiger partial charge in [-0.1, -0.05) is 84.0 Å². The van der Waals surface area contributed by atoms with Gasteiger partial charge in [0.2, 0.25) is 0 Å². The third-order valence-electron chi connectivity index (χ3n) is 6.69. The quantitative estimate of drug-likeness (QED) is 0.292. The molecule has 0 unspecified atom stereocenters. The van der Waals surface area contributed by atoms with Crippen molar-refractivity contribution < 1.29 is 0 Å². The summed E-state index contributed by atoms with van der Waals surface area (Å²) in [7, 11) is 0. The normalized spacial score (nSPS) is 12.4. The second-order valence-electron chi connectivity index (χ2n) is 11.3. The van der Waals surface area contributed by atoms with Crippen LogP contribution >= 0.6 is 0 Å². The number of para-hydroxylation sites is 1. The Hall–Kier alpha value is -3.52. The molecule has 0 saturated heterocycles. The number of nitrogens with zero attached hydrogens (tertiary/aromatic N) is 1. The van der Waals surface area contributed by atoms with Gasteiger partial charge in [0.15, 0.2) is 0 Å². The van der Waals surface area contributed by atoms with Crippen LogP contribution in [0.3, 0.4) is 0 Å². The van der Waals surface area contributed by atoms with E-state index in [1.807, 2.05) is 0 Å². The highest BCUT2D eigenvalue weighted by Crippen LogP contribution is 2.37. The third kappa shape index (κ3) is 4.09. The van der Waals surface area contributed by atoms with Crippen LogP contribution in [0.15, 0.2) is 91.0 Å². The number of anilines is 2. The van der Waals surface area contributed by atoms with Crippen LogP contribution in [0.2, 0.25) is 0 Å². The molecule has 5 rings (SSSR count). The molecule has 172 valence electrons. The van der Waals surface area contributed by atoms with Gasteiger partial charge >= 0.3 is 0 Å². The van der Waals surface area contributed by atoms with Crippen molar-refractivity contribution in [3.63, 3.8) is 0 Å². The first-order valence-corrected chi connectivity index (χ1v) is 12.1. The van der Waals surface area contributed by atoms with Gasteiger partial charge in [0, 0.05) is 27.8 Å². The standard InChI is InChI=1S/C32H34N2/c1-31(2,3)22-12-15-24(16-13-22)33-25-17-18-27-28-20-23(32(4,5)6)14-19-29(28)34(30(27)21-25)26-10-8-7-9-11-26/h7-21,33H,1-6H3. The predicted molar refractivity (Wildman–Crippen MR) is 148 cm³/mol. The SMILES string of the molecule is CC(C)(C)c1ccc(Nc2ccc3c4cc(C(C)(C)C)ccc4n(-c4ccccc4)c3c2)cc1. The monoisotopic (exact) mass is 446 g/mol. The Morgan fingerprint density at radius 1 is 0.529 bits per heavy atom. The number of hydrogen-bond donors (Lipinski definition) is 1. The summed E-state index contributed by atoms with van der Waals surface area (Å²) in [6.45, 7) is 13.6. The summed E-state index contributed by atoms with van der Waals surface area (Å²) in [5, 5.41) is 6.19. The Labute approximate surface area is 203 Å². The van der Waals surface area contributed by atoms with Crippen LogP contribution in [0.1, 0.15) is 52.7 Å². The van der Waals surface area contributed by atoms with Crippen molar-refractivity contribution in [2.75, 3.05) is 5.32 Å². The van der Waals surface area contributed by atoms with E-state index in [1.54, 1.807) is 0 Å². The average molecular weight is 447 g/mol. The first-order valence-electron chi connectivity index (χ1n) is 12.1. The molecule has 34 heavy (non-hydrogen) atoms. The van der Waals surface area contributed by atoms with Crippen molar-refractivity contribution in [1.29, 1.82) is 0 Å². The summed E-state index contributed by atoms with van der Waals surface area (Å²) >= 11 is 0. The molecule has 5 aromatic rings. The lowest BCUT2D eigenvalue weighted by atomic mass is 9.86. The van der Waals surface area contributed by atoms with E-state index in [-0.39, 0.29) is 10.8 Å². The first kappa shape index (κ1) is 22.3. The third-order valence-corrected chi connectivity index (χ3v) is 6.69. The van der Waals surface area contributed by atoms with Gasteiger partial charge in [-0.15, -0.1) is 0 Å². The molecule has 0 radical (unpaired) electrons. The molecule has 0 amide bonds. The zero-order chi connectivity index (χ0) is 24.1. The molecule has 0 fully saturated rings. The molecule has 0 bridgehead atoms. The largest absolute Gasteiger partial charge is 0.355 e. The van der Waals surface area contributed by atoms with Crippen molar-refractivity contribution in [3.8, 4) is 5.69 Å². The van der Waals surface area contributed by atoms with E-state index in [0.717, 1.165) is 11.4 Å². The van der Waals surface area contributed by atoms with E-state index in [4.69, 9.17) is 0 Å². The fourth-order valence-corrected chi connectivity index (χ4v) is 4.64. The topological polar surface area (TPSA) is 17.0 Å². The molecule has 2 nitrogen and oxygen atoms in total. The smallest absolute Gasteiger partial charge is 0.0561 e. The predicted octanol–water partition coefficient (Wildman–Crippen LogP) is 9.12. The van der Waals surface area contributed by atoms with E-state index in [1.165, 1.54) is 38.6 Å². The van der Waals surface area contributed by atoms with Gasteiger partial charge in [-0.05, 0) is 70.5 Å². The molecule has 0 atom stereocenters. The Balaban J connectivity index is 1.65. The van der Waals surface area contributed by atoms with Crippen LogP contribution in [-0.4, -0.2) is 4.57 Å². The lowest BCUT2D eigenvalue weighted by Crippen LogP contribution is -2.10. The van der Waals surface area contributed by atoms with Gasteiger partial charge in [0.05, 0.1) is 11.0 Å². The minimum absolute atomic E-state index is 0.107. The molecule has 0 aliphatic carbocycles. The number of rotatable bonds is 3. The summed E-state index contributed by atoms with van der Waals surface area (Å²) in [6, 6.07) is 33.1. The Bertz CT molecular complexity index is 1460. The Kier molecular flexibility index (Phi) is 5.28. The van der Waals surface area contributed by atoms with Gasteiger partial charge in [-0.2, -0.15) is 0 Å². The molecular weight excluding hydrogens is 412 g/mol. The lowest BCUT2D eigenvalue weighted by Gasteiger charge is -2.19. The van der Waals surface area contributed by atoms with Crippen molar-refractivity contribution in [2.24, 2.45) is 0 Å². The van der Waals surface area contributed by atoms with Crippen molar-refractivity contribution >= 4 is 33.2 Å². The van der Waals surface area contributed by atoms with Crippen LogP contribution in [0, 0.1) is 0 Å². The van der Waals surface area contributed by atoms with Gasteiger partial charge in [0.1, 0.15) is 0 Å². The zero-order valence-electron chi connectivity index (χ0n) is 21.1. The molecular formula is C32H34N2. The van der Waals surface area contributed by atoms with Crippen LogP contribution < -0.4 is 5.32 Å². The highest BCUT2D eigenvalue weighted by molar-refractivity contribution is 6.10. The molecule has 0 aliphatic heterocycles. The second-order valence-corrected chi connectivity index (χ2v) is 11.3. The van der Waals surface area contributed by atoms with Crippen LogP contribution in [-0.2, 0) is 10.8 Å². The minimum atomic E-state index is 0.107. The highest BCUT2D eigenvalue weighted by atomic mass is 15.0. The average Bonchev–Trinajstić information content (AvgIpc) is 3.12. The lowest BCUT2D eigenvalue weighted by molar-refractivity contribution is 0.590. The first-order chi connectivity index (χ1) is 16.1. The maximum absolute atomic E-state index is 3.62. The number of aromatic nitrogens is 1. The Morgan fingerprint density at radius 3 is 1.79 bits per heavy atom. The number of benzene rings is 4. The van der Waals surface area contributed by atoms with Crippen molar-refractivity contribution in [1.82, 2.24) is 4.57 Å². The molecule has 1 N–H and O–H groups in total. The summed E-state index contributed by atoms with van der Waals surface area (Å²) in [5.41, 5.74) is 8.77. The van der Waals surface area contributed by atoms with Crippen molar-refractivity contribution in [2.45, 2.75) is 52.4 Å². The molecule has 0 aliphatic rings. The van der Waals surface area contributed by atoms with Crippen LogP contribution in [0.5, 0.6) is 0 Å². The van der Waals surface area contributed by atoms with Gasteiger partial charge in [0.25, 0.3) is 0 Å². The highest BCUT2D eigenvalue weighted by Gasteiger charge is 2.18. The van der Waals surface area contributed by atoms with E-state index in [2.05, 4.69) is 142 Å². The molecule has 1 aromatic heterocycles. The maximum atomic E-state index is 3.62. The van der Waals surface area contributed by atoms with E-state index in [0.29, 0.717) is 0 Å². The molecule has 2 heteroatoms. The summed E-state index contributed by atoms with van der Waals surface area (Å²) in [6.07, 6.45) is 0. The fourth-order valence-electron chi connectivity index (χ4n) is 4.64. The van der Waals surface area contributed by atoms with Crippen LogP contribution in [0.25, 0.3) is 27.5 Å². The molecule has 4 aromatic carbocycles. The second kappa shape index (κ2) is 8.06. The van der Waals surface area contributed by atoms with Gasteiger partial charge < -0.3 is 9.88 Å². The van der Waals surface area contributed by atoms with Crippen molar-refractivity contribution in [3.05, 3.63) is 102 Å². The number of fused-ring (bicyclic) bond motifs is 3. The minimum Gasteiger partial charge on any atom is -0.355 e. The maximum Gasteiger partial charge on any atom is 0.0561 e.